The van der Waals surface area contributed by atoms with Crippen LogP contribution in [0.4, 0.5) is 0 Å². The number of para-hydroxylation sites is 3. The van der Waals surface area contributed by atoms with Gasteiger partial charge in [-0.1, -0.05) is 242 Å². The molecule has 0 saturated carbocycles. The van der Waals surface area contributed by atoms with Crippen LogP contribution in [0, 0.1) is 0 Å². The second-order valence-corrected chi connectivity index (χ2v) is 26.8. The summed E-state index contributed by atoms with van der Waals surface area (Å²) in [6.45, 7) is 14.3. The summed E-state index contributed by atoms with van der Waals surface area (Å²) in [6, 6.07) is 96.8. The molecule has 16 aromatic rings. The predicted molar refractivity (Wildman–Crippen MR) is 374 cm³/mol. The van der Waals surface area contributed by atoms with Crippen LogP contribution in [0.5, 0.6) is 0 Å². The lowest BCUT2D eigenvalue weighted by Gasteiger charge is -2.24. The highest BCUT2D eigenvalue weighted by molar-refractivity contribution is 6.16. The summed E-state index contributed by atoms with van der Waals surface area (Å²) in [6.07, 6.45) is 0. The van der Waals surface area contributed by atoms with E-state index in [2.05, 4.69) is 316 Å². The molecule has 0 N–H and O–H groups in total. The van der Waals surface area contributed by atoms with Crippen molar-refractivity contribution in [3.63, 3.8) is 0 Å². The summed E-state index contributed by atoms with van der Waals surface area (Å²) in [5.41, 5.74) is 30.7. The van der Waals surface area contributed by atoms with Crippen molar-refractivity contribution < 1.29 is 0 Å². The standard InChI is InChI=1S/C85H61N5/c1-83(2)68-28-13-7-22-56(68)62-42-45-65-59-25-10-16-31-73(59)88(79(65)76(62)83)53-38-34-50(35-39-53)71-49-72(51-36-40-54(41-37-51)89-74-32-17-11-26-60(74)66-46-43-63-57-23-8-14-29-69(57)84(3,4)77(63)80(66)89)87-82(86-71)52-20-19-21-55(48-52)90-75-33-18-12-27-61(75)67-47-44-64-58-24-9-15-30-70(58)85(5,6)78(64)81(67)90/h7-49H,1-6H3. The van der Waals surface area contributed by atoms with Crippen LogP contribution in [0.15, 0.2) is 261 Å². The van der Waals surface area contributed by atoms with Crippen LogP contribution in [-0.4, -0.2) is 23.7 Å². The second kappa shape index (κ2) is 18.1. The topological polar surface area (TPSA) is 40.6 Å². The molecule has 0 amide bonds. The Labute approximate surface area is 522 Å². The van der Waals surface area contributed by atoms with E-state index in [9.17, 15) is 0 Å². The summed E-state index contributed by atoms with van der Waals surface area (Å²) in [4.78, 5) is 11.2. The van der Waals surface area contributed by atoms with Crippen LogP contribution in [0.25, 0.3) is 150 Å². The lowest BCUT2D eigenvalue weighted by Crippen LogP contribution is -2.16. The van der Waals surface area contributed by atoms with Gasteiger partial charge in [0.2, 0.25) is 0 Å². The first-order chi connectivity index (χ1) is 43.9. The zero-order valence-electron chi connectivity index (χ0n) is 51.1. The van der Waals surface area contributed by atoms with E-state index in [-0.39, 0.29) is 16.2 Å². The average molecular weight is 1150 g/mol. The molecule has 3 aliphatic carbocycles. The van der Waals surface area contributed by atoms with Gasteiger partial charge in [0.15, 0.2) is 5.82 Å². The van der Waals surface area contributed by atoms with E-state index >= 15 is 0 Å². The summed E-state index contributed by atoms with van der Waals surface area (Å²) in [5, 5.41) is 7.52. The van der Waals surface area contributed by atoms with Crippen LogP contribution >= 0.6 is 0 Å². The van der Waals surface area contributed by atoms with Gasteiger partial charge in [-0.25, -0.2) is 9.97 Å². The number of fused-ring (bicyclic) bond motifs is 21. The molecule has 12 aromatic carbocycles. The van der Waals surface area contributed by atoms with E-state index in [1.165, 1.54) is 132 Å². The van der Waals surface area contributed by atoms with Gasteiger partial charge in [0, 0.05) is 82.3 Å². The van der Waals surface area contributed by atoms with Gasteiger partial charge in [-0.15, -0.1) is 0 Å². The van der Waals surface area contributed by atoms with E-state index in [4.69, 9.17) is 9.97 Å². The van der Waals surface area contributed by atoms with Crippen LogP contribution in [0.1, 0.15) is 74.9 Å². The monoisotopic (exact) mass is 1150 g/mol. The zero-order valence-corrected chi connectivity index (χ0v) is 51.1. The number of hydrogen-bond acceptors (Lipinski definition) is 2. The number of nitrogens with zero attached hydrogens (tertiary/aromatic N) is 5. The highest BCUT2D eigenvalue weighted by atomic mass is 15.0. The average Bonchev–Trinajstić information content (AvgIpc) is 1.56. The van der Waals surface area contributed by atoms with Crippen molar-refractivity contribution in [2.24, 2.45) is 0 Å². The van der Waals surface area contributed by atoms with E-state index in [0.29, 0.717) is 5.82 Å². The molecule has 426 valence electrons. The molecule has 0 saturated heterocycles. The minimum absolute atomic E-state index is 0.197. The Morgan fingerprint density at radius 2 is 0.600 bits per heavy atom. The Bertz CT molecular complexity index is 5560. The van der Waals surface area contributed by atoms with Gasteiger partial charge < -0.3 is 13.7 Å². The fourth-order valence-corrected chi connectivity index (χ4v) is 17.0. The van der Waals surface area contributed by atoms with Gasteiger partial charge in [0.05, 0.1) is 44.5 Å². The largest absolute Gasteiger partial charge is 0.309 e. The maximum absolute atomic E-state index is 5.60. The molecule has 0 radical (unpaired) electrons. The Morgan fingerprint density at radius 1 is 0.256 bits per heavy atom. The van der Waals surface area contributed by atoms with Crippen molar-refractivity contribution in [1.29, 1.82) is 0 Å². The number of hydrogen-bond donors (Lipinski definition) is 0. The van der Waals surface area contributed by atoms with Gasteiger partial charge in [-0.3, -0.25) is 0 Å². The molecular formula is C85H61N5. The van der Waals surface area contributed by atoms with E-state index < -0.39 is 0 Å². The molecule has 4 aromatic heterocycles. The zero-order chi connectivity index (χ0) is 60.1. The second-order valence-electron chi connectivity index (χ2n) is 26.8. The van der Waals surface area contributed by atoms with Crippen molar-refractivity contribution >= 4 is 65.4 Å². The Morgan fingerprint density at radius 3 is 0.989 bits per heavy atom. The minimum Gasteiger partial charge on any atom is -0.309 e. The third kappa shape index (κ3) is 6.81. The van der Waals surface area contributed by atoms with Crippen LogP contribution < -0.4 is 0 Å². The Hall–Kier alpha value is -10.9. The highest BCUT2D eigenvalue weighted by Crippen LogP contribution is 2.56. The SMILES string of the molecule is CC1(C)c2ccccc2-c2ccc3c4ccccc4n(-c4ccc(-c5cc(-c6ccc(-n7c8ccccc8c8ccc9c(c87)C(C)(C)c7ccccc7-9)cc6)nc(-c6cccc(-n7c8ccccc8c8ccc9c(c87)C(C)(C)c7ccccc7-9)c6)n5)cc4)c3c21. The van der Waals surface area contributed by atoms with Crippen molar-refractivity contribution in [1.82, 2.24) is 23.7 Å². The first-order valence-corrected chi connectivity index (χ1v) is 31.6. The van der Waals surface area contributed by atoms with E-state index in [1.54, 1.807) is 0 Å². The van der Waals surface area contributed by atoms with Crippen molar-refractivity contribution in [3.05, 3.63) is 294 Å². The summed E-state index contributed by atoms with van der Waals surface area (Å²) >= 11 is 0. The van der Waals surface area contributed by atoms with Crippen molar-refractivity contribution in [3.8, 4) is 84.3 Å². The molecule has 5 nitrogen and oxygen atoms in total. The third-order valence-corrected chi connectivity index (χ3v) is 21.0. The molecule has 0 fully saturated rings. The fourth-order valence-electron chi connectivity index (χ4n) is 17.0. The molecule has 5 heteroatoms. The van der Waals surface area contributed by atoms with Crippen LogP contribution in [0.2, 0.25) is 0 Å². The van der Waals surface area contributed by atoms with Crippen LogP contribution in [0.3, 0.4) is 0 Å². The van der Waals surface area contributed by atoms with Gasteiger partial charge in [-0.2, -0.15) is 0 Å². The normalized spacial score (nSPS) is 14.6. The predicted octanol–water partition coefficient (Wildman–Crippen LogP) is 21.7. The van der Waals surface area contributed by atoms with Gasteiger partial charge >= 0.3 is 0 Å². The first-order valence-electron chi connectivity index (χ1n) is 31.6. The fraction of sp³-hybridized carbons (Fsp3) is 0.106. The maximum Gasteiger partial charge on any atom is 0.160 e. The molecule has 0 bridgehead atoms. The van der Waals surface area contributed by atoms with E-state index in [0.717, 1.165) is 45.1 Å². The molecule has 0 aliphatic heterocycles. The highest BCUT2D eigenvalue weighted by Gasteiger charge is 2.41. The van der Waals surface area contributed by atoms with E-state index in [1.807, 2.05) is 0 Å². The summed E-state index contributed by atoms with van der Waals surface area (Å²) in [7, 11) is 0. The Kier molecular flexibility index (Phi) is 10.3. The summed E-state index contributed by atoms with van der Waals surface area (Å²) < 4.78 is 7.50. The third-order valence-electron chi connectivity index (χ3n) is 21.0. The van der Waals surface area contributed by atoms with Crippen LogP contribution in [-0.2, 0) is 16.2 Å². The van der Waals surface area contributed by atoms with Gasteiger partial charge in [0.1, 0.15) is 0 Å². The smallest absolute Gasteiger partial charge is 0.160 e. The lowest BCUT2D eigenvalue weighted by molar-refractivity contribution is 0.663. The number of aromatic nitrogens is 5. The molecule has 90 heavy (non-hydrogen) atoms. The maximum atomic E-state index is 5.60. The molecule has 0 spiro atoms. The molecule has 3 aliphatic rings. The quantitative estimate of drug-likeness (QED) is 0.166. The van der Waals surface area contributed by atoms with Crippen molar-refractivity contribution in [2.75, 3.05) is 0 Å². The molecule has 4 heterocycles. The number of rotatable bonds is 6. The molecule has 19 rings (SSSR count). The van der Waals surface area contributed by atoms with Crippen molar-refractivity contribution in [2.45, 2.75) is 57.8 Å². The van der Waals surface area contributed by atoms with Gasteiger partial charge in [0.25, 0.3) is 0 Å². The molecule has 0 atom stereocenters. The first kappa shape index (κ1) is 51.2. The summed E-state index contributed by atoms with van der Waals surface area (Å²) in [5.74, 6) is 0.663. The molecule has 0 unspecified atom stereocenters. The Balaban J connectivity index is 0.791. The number of benzene rings is 12. The molecular weight excluding hydrogens is 1090 g/mol. The minimum atomic E-state index is -0.222. The lowest BCUT2D eigenvalue weighted by atomic mass is 9.81. The van der Waals surface area contributed by atoms with Gasteiger partial charge in [-0.05, 0) is 127 Å².